The van der Waals surface area contributed by atoms with Gasteiger partial charge in [0.25, 0.3) is 0 Å². The molecule has 0 saturated carbocycles. The molecule has 1 amide bonds. The van der Waals surface area contributed by atoms with Crippen molar-refractivity contribution < 1.29 is 4.79 Å². The second-order valence-corrected chi connectivity index (χ2v) is 5.84. The van der Waals surface area contributed by atoms with Gasteiger partial charge in [0, 0.05) is 22.3 Å². The number of hydrogen-bond donors (Lipinski definition) is 2. The Labute approximate surface area is 133 Å². The Kier molecular flexibility index (Phi) is 5.39. The molecular formula is C17H19BrN2O. The number of halogens is 1. The summed E-state index contributed by atoms with van der Waals surface area (Å²) in [5, 5.41) is 6.22. The Morgan fingerprint density at radius 2 is 1.76 bits per heavy atom. The van der Waals surface area contributed by atoms with E-state index in [0.29, 0.717) is 6.42 Å². The average molecular weight is 347 g/mol. The van der Waals surface area contributed by atoms with Crippen LogP contribution in [0.3, 0.4) is 0 Å². The molecule has 0 aliphatic rings. The third kappa shape index (κ3) is 4.60. The van der Waals surface area contributed by atoms with Crippen molar-refractivity contribution in [3.05, 3.63) is 52.5 Å². The Balaban J connectivity index is 2.03. The summed E-state index contributed by atoms with van der Waals surface area (Å²) in [5.74, 6) is 0.0551. The summed E-state index contributed by atoms with van der Waals surface area (Å²) in [6.07, 6.45) is 1.41. The Bertz CT molecular complexity index is 623. The zero-order valence-corrected chi connectivity index (χ0v) is 13.8. The third-order valence-corrected chi connectivity index (χ3v) is 3.71. The summed E-state index contributed by atoms with van der Waals surface area (Å²) < 4.78 is 1.03. The molecule has 21 heavy (non-hydrogen) atoms. The monoisotopic (exact) mass is 346 g/mol. The van der Waals surface area contributed by atoms with Gasteiger partial charge in [-0.05, 0) is 71.2 Å². The first-order chi connectivity index (χ1) is 10.1. The minimum atomic E-state index is 0.0551. The molecule has 110 valence electrons. The maximum absolute atomic E-state index is 11.5. The number of aryl methyl sites for hydroxylation is 1. The number of benzene rings is 2. The summed E-state index contributed by atoms with van der Waals surface area (Å²) >= 11 is 3.55. The van der Waals surface area contributed by atoms with E-state index in [9.17, 15) is 4.79 Å². The van der Waals surface area contributed by atoms with Crippen molar-refractivity contribution in [2.75, 3.05) is 10.6 Å². The second kappa shape index (κ2) is 7.27. The molecule has 0 saturated heterocycles. The van der Waals surface area contributed by atoms with E-state index in [1.54, 1.807) is 0 Å². The molecule has 2 rings (SSSR count). The van der Waals surface area contributed by atoms with Crippen molar-refractivity contribution in [3.8, 4) is 0 Å². The minimum Gasteiger partial charge on any atom is -0.355 e. The lowest BCUT2D eigenvalue weighted by Crippen LogP contribution is -2.10. The second-order valence-electron chi connectivity index (χ2n) is 4.98. The van der Waals surface area contributed by atoms with Gasteiger partial charge in [-0.2, -0.15) is 0 Å². The summed E-state index contributed by atoms with van der Waals surface area (Å²) in [4.78, 5) is 11.5. The van der Waals surface area contributed by atoms with Crippen molar-refractivity contribution in [3.63, 3.8) is 0 Å². The molecule has 0 atom stereocenters. The fraction of sp³-hybridized carbons (Fsp3) is 0.235. The van der Waals surface area contributed by atoms with Gasteiger partial charge in [-0.25, -0.2) is 0 Å². The van der Waals surface area contributed by atoms with Crippen LogP contribution < -0.4 is 10.6 Å². The first-order valence-electron chi connectivity index (χ1n) is 7.01. The van der Waals surface area contributed by atoms with Crippen LogP contribution in [-0.4, -0.2) is 5.91 Å². The maximum atomic E-state index is 11.5. The largest absolute Gasteiger partial charge is 0.355 e. The zero-order valence-electron chi connectivity index (χ0n) is 12.2. The van der Waals surface area contributed by atoms with Gasteiger partial charge in [0.2, 0.25) is 5.91 Å². The quantitative estimate of drug-likeness (QED) is 0.777. The molecule has 2 aromatic rings. The van der Waals surface area contributed by atoms with Crippen LogP contribution in [0.2, 0.25) is 0 Å². The molecule has 0 aromatic heterocycles. The molecule has 0 heterocycles. The normalized spacial score (nSPS) is 10.2. The zero-order chi connectivity index (χ0) is 15.2. The van der Waals surface area contributed by atoms with E-state index in [0.717, 1.165) is 28.0 Å². The molecule has 0 bridgehead atoms. The highest BCUT2D eigenvalue weighted by Gasteiger charge is 2.03. The molecule has 2 aromatic carbocycles. The van der Waals surface area contributed by atoms with E-state index >= 15 is 0 Å². The lowest BCUT2D eigenvalue weighted by Gasteiger charge is -2.10. The number of nitrogens with one attached hydrogen (secondary N) is 2. The van der Waals surface area contributed by atoms with Crippen LogP contribution in [0.15, 0.2) is 46.9 Å². The van der Waals surface area contributed by atoms with Crippen molar-refractivity contribution in [2.45, 2.75) is 26.7 Å². The van der Waals surface area contributed by atoms with Gasteiger partial charge in [0.1, 0.15) is 0 Å². The average Bonchev–Trinajstić information content (AvgIpc) is 2.44. The first-order valence-corrected chi connectivity index (χ1v) is 7.81. The lowest BCUT2D eigenvalue weighted by molar-refractivity contribution is -0.116. The van der Waals surface area contributed by atoms with Crippen LogP contribution in [0.25, 0.3) is 0 Å². The van der Waals surface area contributed by atoms with Crippen LogP contribution in [0.1, 0.15) is 25.3 Å². The summed E-state index contributed by atoms with van der Waals surface area (Å²) in [7, 11) is 0. The minimum absolute atomic E-state index is 0.0551. The molecule has 0 radical (unpaired) electrons. The number of carbonyl (C=O) groups is 1. The predicted octanol–water partition coefficient (Wildman–Crippen LogP) is 5.24. The third-order valence-electron chi connectivity index (χ3n) is 3.05. The van der Waals surface area contributed by atoms with Crippen molar-refractivity contribution in [1.82, 2.24) is 0 Å². The lowest BCUT2D eigenvalue weighted by atomic mass is 10.2. The molecule has 0 spiro atoms. The Hall–Kier alpha value is -1.81. The van der Waals surface area contributed by atoms with Gasteiger partial charge >= 0.3 is 0 Å². The molecule has 2 N–H and O–H groups in total. The van der Waals surface area contributed by atoms with E-state index < -0.39 is 0 Å². The standard InChI is InChI=1S/C17H19BrN2O/c1-3-4-17(21)20-14-8-6-13(7-9-14)19-16-10-5-12(2)11-15(16)18/h5-11,19H,3-4H2,1-2H3,(H,20,21). The highest BCUT2D eigenvalue weighted by atomic mass is 79.9. The van der Waals surface area contributed by atoms with Crippen LogP contribution in [0.4, 0.5) is 17.1 Å². The number of amides is 1. The molecule has 4 heteroatoms. The molecular weight excluding hydrogens is 328 g/mol. The number of carbonyl (C=O) groups excluding carboxylic acids is 1. The van der Waals surface area contributed by atoms with Crippen LogP contribution in [-0.2, 0) is 4.79 Å². The molecule has 3 nitrogen and oxygen atoms in total. The summed E-state index contributed by atoms with van der Waals surface area (Å²) in [6, 6.07) is 13.9. The molecule has 0 aliphatic heterocycles. The summed E-state index contributed by atoms with van der Waals surface area (Å²) in [5.41, 5.74) is 4.03. The van der Waals surface area contributed by atoms with Crippen LogP contribution >= 0.6 is 15.9 Å². The van der Waals surface area contributed by atoms with Crippen molar-refractivity contribution in [1.29, 1.82) is 0 Å². The first kappa shape index (κ1) is 15.6. The van der Waals surface area contributed by atoms with Gasteiger partial charge in [-0.1, -0.05) is 13.0 Å². The molecule has 0 unspecified atom stereocenters. The van der Waals surface area contributed by atoms with E-state index in [-0.39, 0.29) is 5.91 Å². The topological polar surface area (TPSA) is 41.1 Å². The van der Waals surface area contributed by atoms with E-state index in [1.807, 2.05) is 37.3 Å². The molecule has 0 fully saturated rings. The van der Waals surface area contributed by atoms with Crippen LogP contribution in [0.5, 0.6) is 0 Å². The summed E-state index contributed by atoms with van der Waals surface area (Å²) in [6.45, 7) is 4.05. The smallest absolute Gasteiger partial charge is 0.224 e. The Morgan fingerprint density at radius 1 is 1.10 bits per heavy atom. The van der Waals surface area contributed by atoms with Crippen LogP contribution in [0, 0.1) is 6.92 Å². The fourth-order valence-electron chi connectivity index (χ4n) is 1.96. The van der Waals surface area contributed by atoms with E-state index in [4.69, 9.17) is 0 Å². The fourth-order valence-corrected chi connectivity index (χ4v) is 2.56. The van der Waals surface area contributed by atoms with Gasteiger partial charge < -0.3 is 10.6 Å². The van der Waals surface area contributed by atoms with Gasteiger partial charge in [-0.15, -0.1) is 0 Å². The SMILES string of the molecule is CCCC(=O)Nc1ccc(Nc2ccc(C)cc2Br)cc1. The van der Waals surface area contributed by atoms with Crippen molar-refractivity contribution in [2.24, 2.45) is 0 Å². The maximum Gasteiger partial charge on any atom is 0.224 e. The highest BCUT2D eigenvalue weighted by Crippen LogP contribution is 2.27. The van der Waals surface area contributed by atoms with E-state index in [2.05, 4.69) is 45.6 Å². The van der Waals surface area contributed by atoms with Crippen molar-refractivity contribution >= 4 is 38.9 Å². The number of anilines is 3. The molecule has 0 aliphatic carbocycles. The number of rotatable bonds is 5. The number of hydrogen-bond acceptors (Lipinski definition) is 2. The highest BCUT2D eigenvalue weighted by molar-refractivity contribution is 9.10. The van der Waals surface area contributed by atoms with Gasteiger partial charge in [0.15, 0.2) is 0 Å². The Morgan fingerprint density at radius 3 is 2.38 bits per heavy atom. The van der Waals surface area contributed by atoms with E-state index in [1.165, 1.54) is 5.56 Å². The predicted molar refractivity (Wildman–Crippen MR) is 92.1 cm³/mol. The van der Waals surface area contributed by atoms with Gasteiger partial charge in [0.05, 0.1) is 5.69 Å². The van der Waals surface area contributed by atoms with Gasteiger partial charge in [-0.3, -0.25) is 4.79 Å².